The monoisotopic (exact) mass is 402 g/mol. The molecule has 29 heavy (non-hydrogen) atoms. The normalized spacial score (nSPS) is 19.4. The van der Waals surface area contributed by atoms with Gasteiger partial charge in [0.25, 0.3) is 0 Å². The van der Waals surface area contributed by atoms with Gasteiger partial charge in [-0.25, -0.2) is 13.2 Å². The van der Waals surface area contributed by atoms with Crippen LogP contribution in [0.1, 0.15) is 89.0 Å². The molecular formula is C26H33F3. The Morgan fingerprint density at radius 2 is 1.34 bits per heavy atom. The Balaban J connectivity index is 1.49. The molecule has 2 aromatic carbocycles. The second-order valence-corrected chi connectivity index (χ2v) is 8.64. The van der Waals surface area contributed by atoms with Gasteiger partial charge in [0.1, 0.15) is 5.82 Å². The highest BCUT2D eigenvalue weighted by Gasteiger charge is 2.22. The molecule has 1 aliphatic carbocycles. The number of benzene rings is 2. The van der Waals surface area contributed by atoms with Gasteiger partial charge in [0.15, 0.2) is 11.6 Å². The van der Waals surface area contributed by atoms with Crippen molar-refractivity contribution in [3.8, 4) is 11.1 Å². The van der Waals surface area contributed by atoms with Crippen LogP contribution >= 0.6 is 0 Å². The first-order chi connectivity index (χ1) is 14.1. The third-order valence-electron chi connectivity index (χ3n) is 6.52. The van der Waals surface area contributed by atoms with Crippen molar-refractivity contribution in [1.29, 1.82) is 0 Å². The van der Waals surface area contributed by atoms with Crippen LogP contribution in [0.15, 0.2) is 36.4 Å². The SMILES string of the molecule is CCCCCCCC[C@H]1CC[C@H](c2ccc(-c3cc(F)c(F)cc3F)cc2)CC1. The van der Waals surface area contributed by atoms with Gasteiger partial charge < -0.3 is 0 Å². The van der Waals surface area contributed by atoms with E-state index in [1.54, 1.807) is 0 Å². The predicted octanol–water partition coefficient (Wildman–Crippen LogP) is 8.80. The summed E-state index contributed by atoms with van der Waals surface area (Å²) in [4.78, 5) is 0. The van der Waals surface area contributed by atoms with Crippen molar-refractivity contribution in [2.45, 2.75) is 83.5 Å². The van der Waals surface area contributed by atoms with Gasteiger partial charge in [0, 0.05) is 11.6 Å². The first-order valence-electron chi connectivity index (χ1n) is 11.3. The minimum atomic E-state index is -1.15. The molecule has 3 heteroatoms. The fourth-order valence-corrected chi connectivity index (χ4v) is 4.68. The summed E-state index contributed by atoms with van der Waals surface area (Å²) < 4.78 is 40.6. The van der Waals surface area contributed by atoms with Gasteiger partial charge in [-0.3, -0.25) is 0 Å². The van der Waals surface area contributed by atoms with E-state index in [0.717, 1.165) is 12.0 Å². The van der Waals surface area contributed by atoms with Gasteiger partial charge in [-0.15, -0.1) is 0 Å². The average Bonchev–Trinajstić information content (AvgIpc) is 2.74. The fraction of sp³-hybridized carbons (Fsp3) is 0.538. The molecule has 3 rings (SSSR count). The summed E-state index contributed by atoms with van der Waals surface area (Å²) in [6.07, 6.45) is 14.6. The lowest BCUT2D eigenvalue weighted by Gasteiger charge is -2.29. The lowest BCUT2D eigenvalue weighted by molar-refractivity contribution is 0.302. The number of rotatable bonds is 9. The van der Waals surface area contributed by atoms with Gasteiger partial charge in [-0.05, 0) is 54.7 Å². The quantitative estimate of drug-likeness (QED) is 0.290. The Morgan fingerprint density at radius 1 is 0.724 bits per heavy atom. The summed E-state index contributed by atoms with van der Waals surface area (Å²) in [6.45, 7) is 2.26. The van der Waals surface area contributed by atoms with Crippen molar-refractivity contribution in [3.63, 3.8) is 0 Å². The minimum Gasteiger partial charge on any atom is -0.206 e. The highest BCUT2D eigenvalue weighted by Crippen LogP contribution is 2.38. The van der Waals surface area contributed by atoms with Crippen LogP contribution in [0, 0.1) is 23.4 Å². The summed E-state index contributed by atoms with van der Waals surface area (Å²) in [7, 11) is 0. The zero-order valence-corrected chi connectivity index (χ0v) is 17.5. The summed E-state index contributed by atoms with van der Waals surface area (Å²) in [6, 6.07) is 9.25. The van der Waals surface area contributed by atoms with E-state index in [0.29, 0.717) is 17.5 Å². The maximum absolute atomic E-state index is 14.0. The van der Waals surface area contributed by atoms with Crippen LogP contribution in [0.3, 0.4) is 0 Å². The summed E-state index contributed by atoms with van der Waals surface area (Å²) in [5.74, 6) is -1.48. The van der Waals surface area contributed by atoms with Crippen molar-refractivity contribution in [2.24, 2.45) is 5.92 Å². The molecule has 0 aromatic heterocycles. The van der Waals surface area contributed by atoms with E-state index in [9.17, 15) is 13.2 Å². The maximum atomic E-state index is 14.0. The van der Waals surface area contributed by atoms with Crippen LogP contribution in [0.5, 0.6) is 0 Å². The first kappa shape index (κ1) is 21.9. The Labute approximate surface area is 173 Å². The maximum Gasteiger partial charge on any atom is 0.161 e. The molecule has 0 nitrogen and oxygen atoms in total. The second kappa shape index (κ2) is 10.8. The standard InChI is InChI=1S/C26H33F3/c1-2-3-4-5-6-7-8-19-9-11-20(12-10-19)21-13-15-22(16-14-21)23-17-25(28)26(29)18-24(23)27/h13-20H,2-12H2,1H3/t19-,20-. The highest BCUT2D eigenvalue weighted by molar-refractivity contribution is 5.64. The van der Waals surface area contributed by atoms with Crippen LogP contribution in [0.4, 0.5) is 13.2 Å². The molecule has 0 radical (unpaired) electrons. The number of hydrogen-bond donors (Lipinski definition) is 0. The van der Waals surface area contributed by atoms with Crippen molar-refractivity contribution in [2.75, 3.05) is 0 Å². The molecule has 0 spiro atoms. The molecule has 1 fully saturated rings. The lowest BCUT2D eigenvalue weighted by atomic mass is 9.77. The molecule has 0 atom stereocenters. The van der Waals surface area contributed by atoms with Crippen LogP contribution < -0.4 is 0 Å². The predicted molar refractivity (Wildman–Crippen MR) is 114 cm³/mol. The van der Waals surface area contributed by atoms with E-state index in [4.69, 9.17) is 0 Å². The molecule has 0 N–H and O–H groups in total. The molecule has 0 aliphatic heterocycles. The number of unbranched alkanes of at least 4 members (excludes halogenated alkanes) is 5. The van der Waals surface area contributed by atoms with Crippen LogP contribution in [-0.2, 0) is 0 Å². The van der Waals surface area contributed by atoms with Crippen molar-refractivity contribution >= 4 is 0 Å². The molecule has 1 aliphatic rings. The summed E-state index contributed by atoms with van der Waals surface area (Å²) >= 11 is 0. The van der Waals surface area contributed by atoms with E-state index in [1.165, 1.54) is 76.2 Å². The van der Waals surface area contributed by atoms with Gasteiger partial charge in [-0.2, -0.15) is 0 Å². The van der Waals surface area contributed by atoms with E-state index >= 15 is 0 Å². The van der Waals surface area contributed by atoms with Gasteiger partial charge in [0.2, 0.25) is 0 Å². The highest BCUT2D eigenvalue weighted by atomic mass is 19.2. The van der Waals surface area contributed by atoms with Gasteiger partial charge >= 0.3 is 0 Å². The molecule has 0 unspecified atom stereocenters. The molecule has 1 saturated carbocycles. The topological polar surface area (TPSA) is 0 Å². The lowest BCUT2D eigenvalue weighted by Crippen LogP contribution is -2.13. The van der Waals surface area contributed by atoms with E-state index < -0.39 is 17.5 Å². The molecule has 0 bridgehead atoms. The van der Waals surface area contributed by atoms with Gasteiger partial charge in [0.05, 0.1) is 0 Å². The van der Waals surface area contributed by atoms with Crippen molar-refractivity contribution in [3.05, 3.63) is 59.4 Å². The van der Waals surface area contributed by atoms with Crippen LogP contribution in [0.2, 0.25) is 0 Å². The molecule has 0 heterocycles. The van der Waals surface area contributed by atoms with Gasteiger partial charge in [-0.1, -0.05) is 76.1 Å². The number of hydrogen-bond acceptors (Lipinski definition) is 0. The van der Waals surface area contributed by atoms with Crippen LogP contribution in [0.25, 0.3) is 11.1 Å². The second-order valence-electron chi connectivity index (χ2n) is 8.64. The van der Waals surface area contributed by atoms with E-state index in [1.807, 2.05) is 24.3 Å². The fourth-order valence-electron chi connectivity index (χ4n) is 4.68. The van der Waals surface area contributed by atoms with E-state index in [2.05, 4.69) is 6.92 Å². The summed E-state index contributed by atoms with van der Waals surface area (Å²) in [5, 5.41) is 0. The molecule has 0 saturated heterocycles. The molecular weight excluding hydrogens is 369 g/mol. The van der Waals surface area contributed by atoms with E-state index in [-0.39, 0.29) is 5.56 Å². The third kappa shape index (κ3) is 6.10. The zero-order valence-electron chi connectivity index (χ0n) is 17.5. The van der Waals surface area contributed by atoms with Crippen LogP contribution in [-0.4, -0.2) is 0 Å². The first-order valence-corrected chi connectivity index (χ1v) is 11.3. The smallest absolute Gasteiger partial charge is 0.161 e. The zero-order chi connectivity index (χ0) is 20.6. The molecule has 158 valence electrons. The Bertz CT molecular complexity index is 758. The average molecular weight is 403 g/mol. The molecule has 2 aromatic rings. The number of halogens is 3. The molecule has 0 amide bonds. The Morgan fingerprint density at radius 3 is 2.03 bits per heavy atom. The van der Waals surface area contributed by atoms with Crippen molar-refractivity contribution < 1.29 is 13.2 Å². The third-order valence-corrected chi connectivity index (χ3v) is 6.52. The van der Waals surface area contributed by atoms with Crippen molar-refractivity contribution in [1.82, 2.24) is 0 Å². The summed E-state index contributed by atoms with van der Waals surface area (Å²) in [5.41, 5.74) is 1.97. The minimum absolute atomic E-state index is 0.109. The Hall–Kier alpha value is -1.77. The Kier molecular flexibility index (Phi) is 8.20. The largest absolute Gasteiger partial charge is 0.206 e.